The van der Waals surface area contributed by atoms with Crippen LogP contribution >= 0.6 is 0 Å². The number of carbonyl (C=O) groups excluding carboxylic acids is 2. The van der Waals surface area contributed by atoms with Crippen molar-refractivity contribution < 1.29 is 38.2 Å². The van der Waals surface area contributed by atoms with Gasteiger partial charge in [-0.25, -0.2) is 0 Å². The zero-order valence-electron chi connectivity index (χ0n) is 29.3. The molecular formula is C37H46N2O8Si. The number of fused-ring (bicyclic) bond motifs is 4. The summed E-state index contributed by atoms with van der Waals surface area (Å²) in [4.78, 5) is 31.8. The number of Topliss-reactive ketones (excluding diaryl/α,β-unsaturated/α-hetero) is 2. The number of carbonyl (C=O) groups is 2. The lowest BCUT2D eigenvalue weighted by molar-refractivity contribution is -0.0480. The number of methoxy groups -OCH3 is 1. The topological polar surface area (TPSA) is 132 Å². The molecule has 3 aliphatic rings. The van der Waals surface area contributed by atoms with Crippen molar-refractivity contribution in [1.29, 1.82) is 0 Å². The van der Waals surface area contributed by atoms with Gasteiger partial charge in [0, 0.05) is 28.2 Å². The van der Waals surface area contributed by atoms with Crippen molar-refractivity contribution in [3.8, 4) is 11.6 Å². The SMILES string of the molecule is COc1c(CO)cc(C)c2c1C[C@H]1C[C@H]3[C@H](N(C)C)c4onc(OCc5ccccc5)c4C(=O)[C@@]3(O[Si](C)(C)C(C)(C)C)C(O)=C1C2=O. The number of aliphatic hydroxyl groups excluding tert-OH is 2. The van der Waals surface area contributed by atoms with Crippen LogP contribution in [0.5, 0.6) is 11.6 Å². The molecule has 1 aromatic heterocycles. The largest absolute Gasteiger partial charge is 0.508 e. The van der Waals surface area contributed by atoms with Gasteiger partial charge >= 0.3 is 0 Å². The summed E-state index contributed by atoms with van der Waals surface area (Å²) in [6, 6.07) is 10.8. The third-order valence-electron chi connectivity index (χ3n) is 10.9. The lowest BCUT2D eigenvalue weighted by Crippen LogP contribution is -2.65. The van der Waals surface area contributed by atoms with Gasteiger partial charge in [0.2, 0.25) is 5.78 Å². The second-order valence-electron chi connectivity index (χ2n) is 15.1. The smallest absolute Gasteiger partial charge is 0.265 e. The second-order valence-corrected chi connectivity index (χ2v) is 19.8. The van der Waals surface area contributed by atoms with E-state index in [1.165, 1.54) is 7.11 Å². The molecule has 0 aliphatic heterocycles. The van der Waals surface area contributed by atoms with Crippen molar-refractivity contribution in [2.45, 2.75) is 83.5 Å². The molecule has 0 amide bonds. The minimum absolute atomic E-state index is 0.0275. The maximum atomic E-state index is 15.3. The molecule has 4 atom stereocenters. The first-order chi connectivity index (χ1) is 22.6. The van der Waals surface area contributed by atoms with Crippen LogP contribution in [-0.4, -0.2) is 67.0 Å². The molecule has 0 saturated carbocycles. The van der Waals surface area contributed by atoms with Gasteiger partial charge in [-0.15, -0.1) is 0 Å². The van der Waals surface area contributed by atoms with E-state index in [2.05, 4.69) is 25.9 Å². The molecule has 0 fully saturated rings. The molecule has 0 radical (unpaired) electrons. The number of nitrogens with zero attached hydrogens (tertiary/aromatic N) is 2. The average molecular weight is 675 g/mol. The molecule has 3 aromatic rings. The van der Waals surface area contributed by atoms with Crippen LogP contribution in [0.15, 0.2) is 52.3 Å². The van der Waals surface area contributed by atoms with Crippen LogP contribution in [0, 0.1) is 18.8 Å². The fraction of sp³-hybridized carbons (Fsp3) is 0.486. The van der Waals surface area contributed by atoms with E-state index < -0.39 is 37.6 Å². The van der Waals surface area contributed by atoms with Gasteiger partial charge < -0.3 is 28.6 Å². The Kier molecular flexibility index (Phi) is 8.51. The van der Waals surface area contributed by atoms with E-state index >= 15 is 4.79 Å². The molecule has 3 aliphatic carbocycles. The van der Waals surface area contributed by atoms with E-state index in [4.69, 9.17) is 18.4 Å². The molecule has 2 aromatic carbocycles. The van der Waals surface area contributed by atoms with Crippen LogP contribution in [-0.2, 0) is 24.1 Å². The first-order valence-corrected chi connectivity index (χ1v) is 19.4. The van der Waals surface area contributed by atoms with Crippen molar-refractivity contribution in [3.63, 3.8) is 0 Å². The highest BCUT2D eigenvalue weighted by Crippen LogP contribution is 2.60. The highest BCUT2D eigenvalue weighted by Gasteiger charge is 2.67. The number of allylic oxidation sites excluding steroid dienone is 1. The Bertz CT molecular complexity index is 1810. The molecular weight excluding hydrogens is 628 g/mol. The second kappa shape index (κ2) is 12.0. The van der Waals surface area contributed by atoms with E-state index in [1.807, 2.05) is 69.3 Å². The van der Waals surface area contributed by atoms with E-state index in [-0.39, 0.29) is 46.8 Å². The molecule has 1 heterocycles. The van der Waals surface area contributed by atoms with E-state index in [0.29, 0.717) is 46.6 Å². The molecule has 0 unspecified atom stereocenters. The van der Waals surface area contributed by atoms with Crippen LogP contribution in [0.4, 0.5) is 0 Å². The number of ketones is 2. The van der Waals surface area contributed by atoms with Gasteiger partial charge in [0.05, 0.1) is 19.8 Å². The molecule has 6 rings (SSSR count). The zero-order chi connectivity index (χ0) is 34.9. The molecule has 48 heavy (non-hydrogen) atoms. The summed E-state index contributed by atoms with van der Waals surface area (Å²) in [7, 11) is 2.50. The van der Waals surface area contributed by atoms with Gasteiger partial charge in [-0.05, 0) is 80.3 Å². The number of hydrogen-bond acceptors (Lipinski definition) is 10. The van der Waals surface area contributed by atoms with Crippen molar-refractivity contribution in [2.24, 2.45) is 11.8 Å². The summed E-state index contributed by atoms with van der Waals surface area (Å²) in [5.41, 5.74) is 1.70. The molecule has 2 N–H and O–H groups in total. The minimum atomic E-state index is -2.82. The van der Waals surface area contributed by atoms with Crippen molar-refractivity contribution in [1.82, 2.24) is 10.1 Å². The van der Waals surface area contributed by atoms with Crippen molar-refractivity contribution in [2.75, 3.05) is 21.2 Å². The Morgan fingerprint density at radius 3 is 2.42 bits per heavy atom. The Morgan fingerprint density at radius 2 is 1.81 bits per heavy atom. The number of aromatic nitrogens is 1. The van der Waals surface area contributed by atoms with Crippen LogP contribution < -0.4 is 9.47 Å². The Labute approximate surface area is 282 Å². The number of benzene rings is 2. The predicted octanol–water partition coefficient (Wildman–Crippen LogP) is 6.51. The maximum Gasteiger partial charge on any atom is 0.265 e. The molecule has 11 heteroatoms. The predicted molar refractivity (Wildman–Crippen MR) is 182 cm³/mol. The van der Waals surface area contributed by atoms with Gasteiger partial charge in [-0.2, -0.15) is 0 Å². The highest BCUT2D eigenvalue weighted by atomic mass is 28.4. The highest BCUT2D eigenvalue weighted by molar-refractivity contribution is 6.74. The molecule has 0 saturated heterocycles. The van der Waals surface area contributed by atoms with Crippen LogP contribution in [0.2, 0.25) is 18.1 Å². The number of aryl methyl sites for hydroxylation is 1. The summed E-state index contributed by atoms with van der Waals surface area (Å²) in [5.74, 6) is -1.44. The molecule has 10 nitrogen and oxygen atoms in total. The molecule has 256 valence electrons. The minimum Gasteiger partial charge on any atom is -0.508 e. The van der Waals surface area contributed by atoms with Gasteiger partial charge in [0.15, 0.2) is 25.5 Å². The third-order valence-corrected chi connectivity index (χ3v) is 15.4. The monoisotopic (exact) mass is 674 g/mol. The van der Waals surface area contributed by atoms with Crippen LogP contribution in [0.3, 0.4) is 0 Å². The summed E-state index contributed by atoms with van der Waals surface area (Å²) in [5, 5.41) is 26.7. The standard InChI is InChI=1S/C37H46N2O8Si/c1-20-15-23(18-40)31(44-7)24-16-22-17-25-29(39(5)6)32-28(35(38-46-32)45-19-21-13-11-10-12-14-21)34(43)37(25,47-48(8,9)36(2,3)4)33(42)27(22)30(41)26(20)24/h10-15,22,25,29,40,42H,16-19H2,1-9H3/t22-,25-,29-,37-/m0/s1. The normalized spacial score (nSPS) is 23.9. The fourth-order valence-electron chi connectivity index (χ4n) is 7.68. The van der Waals surface area contributed by atoms with Crippen molar-refractivity contribution >= 4 is 19.9 Å². The van der Waals surface area contributed by atoms with Gasteiger partial charge in [0.1, 0.15) is 23.7 Å². The number of rotatable bonds is 8. The lowest BCUT2D eigenvalue weighted by atomic mass is 9.58. The Hall–Kier alpha value is -3.77. The van der Waals surface area contributed by atoms with Gasteiger partial charge in [-0.1, -0.05) is 51.1 Å². The Balaban J connectivity index is 1.59. The van der Waals surface area contributed by atoms with Crippen molar-refractivity contribution in [3.05, 3.63) is 86.9 Å². The maximum absolute atomic E-state index is 15.3. The fourth-order valence-corrected chi connectivity index (χ4v) is 9.14. The first kappa shape index (κ1) is 34.1. The van der Waals surface area contributed by atoms with E-state index in [0.717, 1.165) is 5.56 Å². The Morgan fingerprint density at radius 1 is 1.12 bits per heavy atom. The number of ether oxygens (including phenoxy) is 2. The summed E-state index contributed by atoms with van der Waals surface area (Å²) in [6.07, 6.45) is 0.730. The number of hydrogen-bond donors (Lipinski definition) is 2. The lowest BCUT2D eigenvalue weighted by Gasteiger charge is -2.55. The molecule has 0 bridgehead atoms. The van der Waals surface area contributed by atoms with Gasteiger partial charge in [-0.3, -0.25) is 14.5 Å². The van der Waals surface area contributed by atoms with Crippen LogP contribution in [0.1, 0.15) is 82.0 Å². The average Bonchev–Trinajstić information content (AvgIpc) is 3.44. The van der Waals surface area contributed by atoms with Crippen LogP contribution in [0.25, 0.3) is 0 Å². The van der Waals surface area contributed by atoms with E-state index in [1.54, 1.807) is 6.07 Å². The summed E-state index contributed by atoms with van der Waals surface area (Å²) >= 11 is 0. The molecule has 0 spiro atoms. The first-order valence-electron chi connectivity index (χ1n) is 16.4. The van der Waals surface area contributed by atoms with E-state index in [9.17, 15) is 15.0 Å². The zero-order valence-corrected chi connectivity index (χ0v) is 30.3. The quantitative estimate of drug-likeness (QED) is 0.255. The van der Waals surface area contributed by atoms with Gasteiger partial charge in [0.25, 0.3) is 5.88 Å². The summed E-state index contributed by atoms with van der Waals surface area (Å²) in [6.45, 7) is 12.0. The summed E-state index contributed by atoms with van der Waals surface area (Å²) < 4.78 is 25.0. The third kappa shape index (κ3) is 5.05. The number of aliphatic hydroxyl groups is 2.